The fourth-order valence-electron chi connectivity index (χ4n) is 1.82. The van der Waals surface area contributed by atoms with Crippen LogP contribution in [-0.4, -0.2) is 10.9 Å². The minimum Gasteiger partial charge on any atom is -0.306 e. The molecule has 0 aliphatic carbocycles. The van der Waals surface area contributed by atoms with Crippen molar-refractivity contribution in [3.05, 3.63) is 45.4 Å². The van der Waals surface area contributed by atoms with E-state index >= 15 is 0 Å². The molecule has 1 aromatic carbocycles. The van der Waals surface area contributed by atoms with E-state index in [1.54, 1.807) is 24.3 Å². The predicted molar refractivity (Wildman–Crippen MR) is 72.1 cm³/mol. The Hall–Kier alpha value is -1.43. The second-order valence-corrected chi connectivity index (χ2v) is 5.42. The molecule has 0 atom stereocenters. The minimum atomic E-state index is -0.221. The van der Waals surface area contributed by atoms with Crippen LogP contribution in [0.2, 0.25) is 5.02 Å². The molecule has 0 unspecified atom stereocenters. The van der Waals surface area contributed by atoms with E-state index < -0.39 is 0 Å². The van der Waals surface area contributed by atoms with Crippen LogP contribution in [0.1, 0.15) is 20.9 Å². The van der Waals surface area contributed by atoms with Crippen molar-refractivity contribution in [2.75, 3.05) is 5.32 Å². The van der Waals surface area contributed by atoms with Crippen molar-refractivity contribution in [1.82, 2.24) is 10.3 Å². The molecule has 18 heavy (non-hydrogen) atoms. The van der Waals surface area contributed by atoms with Crippen LogP contribution in [0.5, 0.6) is 0 Å². The summed E-state index contributed by atoms with van der Waals surface area (Å²) < 4.78 is 0. The average molecular weight is 280 g/mol. The molecule has 1 aromatic heterocycles. The molecule has 92 valence electrons. The molecular formula is C12H10ClN3OS. The number of aromatic nitrogens is 1. The zero-order valence-electron chi connectivity index (χ0n) is 9.37. The maximum atomic E-state index is 12.0. The largest absolute Gasteiger partial charge is 0.306 e. The lowest BCUT2D eigenvalue weighted by Gasteiger charge is -2.03. The molecule has 0 bridgehead atoms. The van der Waals surface area contributed by atoms with Gasteiger partial charge in [-0.2, -0.15) is 0 Å². The molecule has 2 heterocycles. The summed E-state index contributed by atoms with van der Waals surface area (Å²) in [5.74, 6) is -0.221. The summed E-state index contributed by atoms with van der Waals surface area (Å²) in [6.07, 6.45) is 0. The van der Waals surface area contributed by atoms with Crippen LogP contribution in [0.4, 0.5) is 5.13 Å². The highest BCUT2D eigenvalue weighted by molar-refractivity contribution is 7.15. The summed E-state index contributed by atoms with van der Waals surface area (Å²) in [5, 5.41) is 7.06. The molecule has 0 saturated carbocycles. The lowest BCUT2D eigenvalue weighted by molar-refractivity contribution is 0.102. The average Bonchev–Trinajstić information content (AvgIpc) is 2.90. The normalized spacial score (nSPS) is 13.4. The third-order valence-corrected chi connectivity index (χ3v) is 4.04. The minimum absolute atomic E-state index is 0.221. The second-order valence-electron chi connectivity index (χ2n) is 3.93. The highest BCUT2D eigenvalue weighted by Crippen LogP contribution is 2.27. The number of hydrogen-bond donors (Lipinski definition) is 2. The number of carbonyl (C=O) groups is 1. The number of halogens is 1. The summed E-state index contributed by atoms with van der Waals surface area (Å²) in [6.45, 7) is 1.60. The Bertz CT molecular complexity index is 590. The molecule has 0 saturated heterocycles. The van der Waals surface area contributed by atoms with Gasteiger partial charge in [0, 0.05) is 18.0 Å². The molecule has 1 amide bonds. The molecule has 2 N–H and O–H groups in total. The highest BCUT2D eigenvalue weighted by Gasteiger charge is 2.18. The van der Waals surface area contributed by atoms with E-state index in [9.17, 15) is 4.79 Å². The summed E-state index contributed by atoms with van der Waals surface area (Å²) in [7, 11) is 0. The van der Waals surface area contributed by atoms with Gasteiger partial charge in [0.1, 0.15) is 0 Å². The quantitative estimate of drug-likeness (QED) is 0.889. The van der Waals surface area contributed by atoms with Crippen LogP contribution in [0.3, 0.4) is 0 Å². The Morgan fingerprint density at radius 2 is 2.22 bits per heavy atom. The first kappa shape index (κ1) is 11.6. The first-order valence-electron chi connectivity index (χ1n) is 5.49. The summed E-state index contributed by atoms with van der Waals surface area (Å²) in [6, 6.07) is 6.97. The van der Waals surface area contributed by atoms with Crippen LogP contribution in [0.25, 0.3) is 0 Å². The molecule has 0 fully saturated rings. The van der Waals surface area contributed by atoms with Gasteiger partial charge in [-0.15, -0.1) is 11.3 Å². The molecule has 1 aliphatic heterocycles. The molecule has 0 spiro atoms. The number of rotatable bonds is 2. The third kappa shape index (κ3) is 2.12. The Kier molecular flexibility index (Phi) is 3.03. The lowest BCUT2D eigenvalue weighted by Crippen LogP contribution is -2.12. The summed E-state index contributed by atoms with van der Waals surface area (Å²) >= 11 is 7.47. The number of hydrogen-bond acceptors (Lipinski definition) is 4. The van der Waals surface area contributed by atoms with Gasteiger partial charge < -0.3 is 5.32 Å². The number of nitrogens with zero attached hydrogens (tertiary/aromatic N) is 1. The first-order valence-corrected chi connectivity index (χ1v) is 6.68. The SMILES string of the molecule is O=C(Nc1nc2c(s1)CNC2)c1ccccc1Cl. The molecule has 1 aliphatic rings. The van der Waals surface area contributed by atoms with Gasteiger partial charge in [-0.25, -0.2) is 4.98 Å². The Balaban J connectivity index is 1.80. The topological polar surface area (TPSA) is 54.0 Å². The Morgan fingerprint density at radius 3 is 3.00 bits per heavy atom. The lowest BCUT2D eigenvalue weighted by atomic mass is 10.2. The van der Waals surface area contributed by atoms with Crippen molar-refractivity contribution >= 4 is 34.0 Å². The smallest absolute Gasteiger partial charge is 0.258 e. The summed E-state index contributed by atoms with van der Waals surface area (Å²) in [4.78, 5) is 17.6. The van der Waals surface area contributed by atoms with E-state index in [-0.39, 0.29) is 5.91 Å². The zero-order valence-corrected chi connectivity index (χ0v) is 10.9. The number of nitrogens with one attached hydrogen (secondary N) is 2. The summed E-state index contributed by atoms with van der Waals surface area (Å²) in [5.41, 5.74) is 1.49. The van der Waals surface area contributed by atoms with Crippen molar-refractivity contribution < 1.29 is 4.79 Å². The van der Waals surface area contributed by atoms with Crippen molar-refractivity contribution in [2.45, 2.75) is 13.1 Å². The van der Waals surface area contributed by atoms with Gasteiger partial charge in [-0.05, 0) is 12.1 Å². The Morgan fingerprint density at radius 1 is 1.39 bits per heavy atom. The van der Waals surface area contributed by atoms with Gasteiger partial charge >= 0.3 is 0 Å². The van der Waals surface area contributed by atoms with E-state index in [0.717, 1.165) is 18.8 Å². The number of carbonyl (C=O) groups excluding carboxylic acids is 1. The van der Waals surface area contributed by atoms with E-state index in [1.807, 2.05) is 0 Å². The fourth-order valence-corrected chi connectivity index (χ4v) is 2.98. The molecule has 6 heteroatoms. The van der Waals surface area contributed by atoms with E-state index in [1.165, 1.54) is 16.2 Å². The molecule has 2 aromatic rings. The van der Waals surface area contributed by atoms with Crippen molar-refractivity contribution in [3.63, 3.8) is 0 Å². The van der Waals surface area contributed by atoms with Crippen molar-refractivity contribution in [2.24, 2.45) is 0 Å². The maximum Gasteiger partial charge on any atom is 0.258 e. The highest BCUT2D eigenvalue weighted by atomic mass is 35.5. The molecule has 0 radical (unpaired) electrons. The van der Waals surface area contributed by atoms with Crippen LogP contribution < -0.4 is 10.6 Å². The third-order valence-electron chi connectivity index (χ3n) is 2.70. The van der Waals surface area contributed by atoms with Crippen LogP contribution in [0, 0.1) is 0 Å². The van der Waals surface area contributed by atoms with Gasteiger partial charge in [0.15, 0.2) is 5.13 Å². The van der Waals surface area contributed by atoms with Crippen LogP contribution >= 0.6 is 22.9 Å². The van der Waals surface area contributed by atoms with Gasteiger partial charge in [0.2, 0.25) is 0 Å². The number of fused-ring (bicyclic) bond motifs is 1. The monoisotopic (exact) mass is 279 g/mol. The molecule has 4 nitrogen and oxygen atoms in total. The van der Waals surface area contributed by atoms with Gasteiger partial charge in [-0.1, -0.05) is 23.7 Å². The second kappa shape index (κ2) is 4.68. The first-order chi connectivity index (χ1) is 8.74. The van der Waals surface area contributed by atoms with E-state index in [0.29, 0.717) is 15.7 Å². The number of amides is 1. The molecular weight excluding hydrogens is 270 g/mol. The predicted octanol–water partition coefficient (Wildman–Crippen LogP) is 2.65. The van der Waals surface area contributed by atoms with Gasteiger partial charge in [0.05, 0.1) is 16.3 Å². The maximum absolute atomic E-state index is 12.0. The number of benzene rings is 1. The van der Waals surface area contributed by atoms with Gasteiger partial charge in [-0.3, -0.25) is 10.1 Å². The van der Waals surface area contributed by atoms with E-state index in [4.69, 9.17) is 11.6 Å². The van der Waals surface area contributed by atoms with Crippen LogP contribution in [-0.2, 0) is 13.1 Å². The van der Waals surface area contributed by atoms with Crippen molar-refractivity contribution in [1.29, 1.82) is 0 Å². The fraction of sp³-hybridized carbons (Fsp3) is 0.167. The van der Waals surface area contributed by atoms with Gasteiger partial charge in [0.25, 0.3) is 5.91 Å². The van der Waals surface area contributed by atoms with E-state index in [2.05, 4.69) is 15.6 Å². The number of thiazole rings is 1. The zero-order chi connectivity index (χ0) is 12.5. The Labute approximate surface area is 113 Å². The standard InChI is InChI=1S/C12H10ClN3OS/c13-8-4-2-1-3-7(8)11(17)16-12-15-9-5-14-6-10(9)18-12/h1-4,14H,5-6H2,(H,15,16,17). The van der Waals surface area contributed by atoms with Crippen LogP contribution in [0.15, 0.2) is 24.3 Å². The molecule has 3 rings (SSSR count). The number of anilines is 1. The van der Waals surface area contributed by atoms with Crippen molar-refractivity contribution in [3.8, 4) is 0 Å².